The van der Waals surface area contributed by atoms with E-state index in [1.165, 1.54) is 31.5 Å². The van der Waals surface area contributed by atoms with Crippen LogP contribution in [0.25, 0.3) is 0 Å². The van der Waals surface area contributed by atoms with Crippen molar-refractivity contribution >= 4 is 5.91 Å². The molecule has 5 nitrogen and oxygen atoms in total. The molecule has 1 N–H and O–H groups in total. The van der Waals surface area contributed by atoms with Crippen LogP contribution in [-0.4, -0.2) is 51.6 Å². The predicted molar refractivity (Wildman–Crippen MR) is 84.6 cm³/mol. The minimum Gasteiger partial charge on any atom is -0.335 e. The van der Waals surface area contributed by atoms with Gasteiger partial charge in [-0.25, -0.2) is 0 Å². The van der Waals surface area contributed by atoms with Gasteiger partial charge < -0.3 is 4.90 Å². The highest BCUT2D eigenvalue weighted by Gasteiger charge is 2.32. The fraction of sp³-hybridized carbons (Fsp3) is 0.765. The van der Waals surface area contributed by atoms with Crippen LogP contribution in [0, 0.1) is 5.92 Å². The minimum atomic E-state index is 0.132. The molecular weight excluding hydrogens is 276 g/mol. The summed E-state index contributed by atoms with van der Waals surface area (Å²) in [6.45, 7) is 6.21. The van der Waals surface area contributed by atoms with Crippen LogP contribution in [0.3, 0.4) is 0 Å². The fourth-order valence-electron chi connectivity index (χ4n) is 4.10. The molecule has 3 aliphatic rings. The second kappa shape index (κ2) is 5.69. The lowest BCUT2D eigenvalue weighted by Gasteiger charge is -2.34. The van der Waals surface area contributed by atoms with Crippen molar-refractivity contribution in [2.24, 2.45) is 5.92 Å². The molecular formula is C17H26N4O. The predicted octanol–water partition coefficient (Wildman–Crippen LogP) is 2.19. The van der Waals surface area contributed by atoms with E-state index in [0.717, 1.165) is 50.4 Å². The largest absolute Gasteiger partial charge is 0.335 e. The van der Waals surface area contributed by atoms with Gasteiger partial charge >= 0.3 is 0 Å². The molecule has 4 rings (SSSR count). The molecule has 1 atom stereocenters. The van der Waals surface area contributed by atoms with Gasteiger partial charge in [-0.15, -0.1) is 0 Å². The van der Waals surface area contributed by atoms with Crippen LogP contribution in [0.2, 0.25) is 0 Å². The van der Waals surface area contributed by atoms with Gasteiger partial charge in [-0.2, -0.15) is 5.10 Å². The summed E-state index contributed by atoms with van der Waals surface area (Å²) >= 11 is 0. The topological polar surface area (TPSA) is 52.2 Å². The number of nitrogens with one attached hydrogen (secondary N) is 1. The molecule has 1 saturated heterocycles. The second-order valence-corrected chi connectivity index (χ2v) is 7.30. The zero-order valence-electron chi connectivity index (χ0n) is 13.5. The van der Waals surface area contributed by atoms with Crippen molar-refractivity contribution in [3.63, 3.8) is 0 Å². The highest BCUT2D eigenvalue weighted by molar-refractivity contribution is 5.94. The molecule has 0 spiro atoms. The van der Waals surface area contributed by atoms with E-state index in [4.69, 9.17) is 0 Å². The Hall–Kier alpha value is -1.36. The summed E-state index contributed by atoms with van der Waals surface area (Å²) in [5.74, 6) is 1.01. The lowest BCUT2D eigenvalue weighted by atomic mass is 9.84. The van der Waals surface area contributed by atoms with E-state index >= 15 is 0 Å². The number of carbonyl (C=O) groups excluding carboxylic acids is 1. The van der Waals surface area contributed by atoms with E-state index in [1.807, 2.05) is 4.90 Å². The average Bonchev–Trinajstić information content (AvgIpc) is 3.08. The van der Waals surface area contributed by atoms with Crippen LogP contribution < -0.4 is 0 Å². The molecule has 0 bridgehead atoms. The number of fused-ring (bicyclic) bond motifs is 1. The second-order valence-electron chi connectivity index (χ2n) is 7.30. The molecule has 1 amide bonds. The number of aromatic amines is 1. The summed E-state index contributed by atoms with van der Waals surface area (Å²) in [5.41, 5.74) is 3.02. The highest BCUT2D eigenvalue weighted by Crippen LogP contribution is 2.30. The summed E-state index contributed by atoms with van der Waals surface area (Å²) in [6.07, 6.45) is 7.39. The van der Waals surface area contributed by atoms with Gasteiger partial charge in [0.25, 0.3) is 5.91 Å². The Kier molecular flexibility index (Phi) is 3.68. The van der Waals surface area contributed by atoms with Crippen LogP contribution in [-0.2, 0) is 13.0 Å². The third-order valence-corrected chi connectivity index (χ3v) is 5.77. The van der Waals surface area contributed by atoms with Gasteiger partial charge in [0, 0.05) is 49.9 Å². The molecule has 0 aromatic carbocycles. The molecule has 5 heteroatoms. The van der Waals surface area contributed by atoms with Gasteiger partial charge in [-0.1, -0.05) is 6.42 Å². The van der Waals surface area contributed by atoms with E-state index in [1.54, 1.807) is 0 Å². The summed E-state index contributed by atoms with van der Waals surface area (Å²) in [5, 5.41) is 7.50. The molecule has 1 aromatic rings. The van der Waals surface area contributed by atoms with Gasteiger partial charge in [0.05, 0.1) is 0 Å². The van der Waals surface area contributed by atoms with Crippen LogP contribution >= 0.6 is 0 Å². The maximum Gasteiger partial charge on any atom is 0.274 e. The smallest absolute Gasteiger partial charge is 0.274 e. The van der Waals surface area contributed by atoms with E-state index in [2.05, 4.69) is 22.0 Å². The Balaban J connectivity index is 1.50. The molecule has 1 saturated carbocycles. The monoisotopic (exact) mass is 302 g/mol. The number of hydrogen-bond acceptors (Lipinski definition) is 3. The maximum atomic E-state index is 12.8. The fourth-order valence-corrected chi connectivity index (χ4v) is 4.10. The molecule has 3 heterocycles. The SMILES string of the molecule is CC1CCCN1C(=O)c1n[nH]c2c1CN(CC1CCC1)CC2. The van der Waals surface area contributed by atoms with Gasteiger partial charge in [0.15, 0.2) is 5.69 Å². The lowest BCUT2D eigenvalue weighted by molar-refractivity contribution is 0.0738. The highest BCUT2D eigenvalue weighted by atomic mass is 16.2. The molecule has 120 valence electrons. The maximum absolute atomic E-state index is 12.8. The first-order valence-electron chi connectivity index (χ1n) is 8.82. The Labute approximate surface area is 132 Å². The number of rotatable bonds is 3. The quantitative estimate of drug-likeness (QED) is 0.931. The number of hydrogen-bond donors (Lipinski definition) is 1. The molecule has 0 radical (unpaired) electrons. The van der Waals surface area contributed by atoms with Crippen LogP contribution in [0.15, 0.2) is 0 Å². The molecule has 1 aromatic heterocycles. The standard InChI is InChI=1S/C17H26N4O/c1-12-4-3-8-21(12)17(22)16-14-11-20(10-13-5-2-6-13)9-7-15(14)18-19-16/h12-13H,2-11H2,1H3,(H,18,19). The van der Waals surface area contributed by atoms with Gasteiger partial charge in [-0.3, -0.25) is 14.8 Å². The zero-order chi connectivity index (χ0) is 15.1. The number of nitrogens with zero attached hydrogens (tertiary/aromatic N) is 3. The molecule has 1 aliphatic carbocycles. The van der Waals surface area contributed by atoms with Crippen molar-refractivity contribution in [2.45, 2.75) is 58.0 Å². The van der Waals surface area contributed by atoms with Crippen LogP contribution in [0.1, 0.15) is 60.8 Å². The summed E-state index contributed by atoms with van der Waals surface area (Å²) in [6, 6.07) is 0.356. The number of aromatic nitrogens is 2. The summed E-state index contributed by atoms with van der Waals surface area (Å²) < 4.78 is 0. The number of amides is 1. The number of carbonyl (C=O) groups is 1. The van der Waals surface area contributed by atoms with Gasteiger partial charge in [-0.05, 0) is 38.5 Å². The minimum absolute atomic E-state index is 0.132. The summed E-state index contributed by atoms with van der Waals surface area (Å²) in [4.78, 5) is 17.3. The first-order chi connectivity index (χ1) is 10.7. The first-order valence-corrected chi connectivity index (χ1v) is 8.82. The Bertz CT molecular complexity index is 563. The van der Waals surface area contributed by atoms with E-state index in [9.17, 15) is 4.79 Å². The van der Waals surface area contributed by atoms with Crippen molar-refractivity contribution in [1.29, 1.82) is 0 Å². The number of likely N-dealkylation sites (tertiary alicyclic amines) is 1. The molecule has 2 fully saturated rings. The van der Waals surface area contributed by atoms with E-state index < -0.39 is 0 Å². The van der Waals surface area contributed by atoms with Crippen LogP contribution in [0.5, 0.6) is 0 Å². The molecule has 2 aliphatic heterocycles. The number of H-pyrrole nitrogens is 1. The zero-order valence-corrected chi connectivity index (χ0v) is 13.5. The average molecular weight is 302 g/mol. The van der Waals surface area contributed by atoms with Crippen molar-refractivity contribution in [1.82, 2.24) is 20.0 Å². The Morgan fingerprint density at radius 2 is 2.14 bits per heavy atom. The third kappa shape index (κ3) is 2.45. The summed E-state index contributed by atoms with van der Waals surface area (Å²) in [7, 11) is 0. The van der Waals surface area contributed by atoms with Crippen molar-refractivity contribution in [3.8, 4) is 0 Å². The normalized spacial score (nSPS) is 26.0. The molecule has 22 heavy (non-hydrogen) atoms. The molecule has 1 unspecified atom stereocenters. The Morgan fingerprint density at radius 3 is 2.82 bits per heavy atom. The van der Waals surface area contributed by atoms with Crippen molar-refractivity contribution in [2.75, 3.05) is 19.6 Å². The first kappa shape index (κ1) is 14.2. The van der Waals surface area contributed by atoms with Gasteiger partial charge in [0.2, 0.25) is 0 Å². The lowest BCUT2D eigenvalue weighted by Crippen LogP contribution is -2.38. The third-order valence-electron chi connectivity index (χ3n) is 5.77. The van der Waals surface area contributed by atoms with Crippen molar-refractivity contribution in [3.05, 3.63) is 17.0 Å². The van der Waals surface area contributed by atoms with E-state index in [-0.39, 0.29) is 5.91 Å². The Morgan fingerprint density at radius 1 is 1.27 bits per heavy atom. The van der Waals surface area contributed by atoms with E-state index in [0.29, 0.717) is 11.7 Å². The van der Waals surface area contributed by atoms with Crippen molar-refractivity contribution < 1.29 is 4.79 Å². The van der Waals surface area contributed by atoms with Gasteiger partial charge in [0.1, 0.15) is 0 Å². The van der Waals surface area contributed by atoms with Crippen LogP contribution in [0.4, 0.5) is 0 Å².